The second-order valence-electron chi connectivity index (χ2n) is 6.23. The van der Waals surface area contributed by atoms with Crippen molar-refractivity contribution in [3.05, 3.63) is 86.7 Å². The lowest BCUT2D eigenvalue weighted by Gasteiger charge is -2.07. The quantitative estimate of drug-likeness (QED) is 0.498. The largest absolute Gasteiger partial charge is 0.465 e. The first-order valence-corrected chi connectivity index (χ1v) is 8.64. The first-order chi connectivity index (χ1) is 13.9. The Kier molecular flexibility index (Phi) is 5.50. The highest BCUT2D eigenvalue weighted by atomic mass is 16.5. The van der Waals surface area contributed by atoms with E-state index in [2.05, 4.69) is 4.98 Å². The minimum atomic E-state index is -1.04. The van der Waals surface area contributed by atoms with Gasteiger partial charge in [0, 0.05) is 10.9 Å². The summed E-state index contributed by atoms with van der Waals surface area (Å²) >= 11 is 0. The van der Waals surface area contributed by atoms with E-state index >= 15 is 0 Å². The highest BCUT2D eigenvalue weighted by Crippen LogP contribution is 2.20. The summed E-state index contributed by atoms with van der Waals surface area (Å²) in [6, 6.07) is 12.7. The number of aryl methyl sites for hydroxylation is 1. The molecule has 0 saturated carbocycles. The number of carbonyl (C=O) groups is 3. The number of esters is 2. The van der Waals surface area contributed by atoms with Crippen LogP contribution in [0.5, 0.6) is 0 Å². The van der Waals surface area contributed by atoms with Crippen molar-refractivity contribution in [2.45, 2.75) is 6.92 Å². The summed E-state index contributed by atoms with van der Waals surface area (Å²) in [7, 11) is 2.19. The molecule has 0 unspecified atom stereocenters. The van der Waals surface area contributed by atoms with Crippen LogP contribution in [0.25, 0.3) is 10.9 Å². The van der Waals surface area contributed by atoms with Gasteiger partial charge >= 0.3 is 11.9 Å². The Hall–Kier alpha value is -3.87. The van der Waals surface area contributed by atoms with E-state index < -0.39 is 40.0 Å². The summed E-state index contributed by atoms with van der Waals surface area (Å²) in [5.41, 5.74) is -0.962. The average Bonchev–Trinajstić information content (AvgIpc) is 2.87. The summed E-state index contributed by atoms with van der Waals surface area (Å²) in [5.74, 6) is -2.72. The van der Waals surface area contributed by atoms with Crippen molar-refractivity contribution in [2.24, 2.45) is 0 Å². The molecule has 7 heteroatoms. The number of fused-ring (bicyclic) bond motifs is 1. The highest BCUT2D eigenvalue weighted by Gasteiger charge is 2.30. The number of ether oxygens (including phenoxy) is 2. The van der Waals surface area contributed by atoms with Gasteiger partial charge in [-0.2, -0.15) is 0 Å². The van der Waals surface area contributed by atoms with Crippen LogP contribution in [0.2, 0.25) is 0 Å². The second-order valence-corrected chi connectivity index (χ2v) is 6.23. The molecular weight excluding hydrogens is 374 g/mol. The molecule has 0 spiro atoms. The predicted octanol–water partition coefficient (Wildman–Crippen LogP) is 2.71. The molecule has 0 saturated heterocycles. The third-order valence-corrected chi connectivity index (χ3v) is 4.40. The molecule has 146 valence electrons. The number of benzene rings is 2. The smallest absolute Gasteiger partial charge is 0.357 e. The van der Waals surface area contributed by atoms with E-state index in [0.29, 0.717) is 0 Å². The first-order valence-electron chi connectivity index (χ1n) is 8.64. The van der Waals surface area contributed by atoms with Crippen molar-refractivity contribution in [3.8, 4) is 0 Å². The normalized spacial score (nSPS) is 10.4. The molecule has 3 rings (SSSR count). The Morgan fingerprint density at radius 1 is 0.828 bits per heavy atom. The van der Waals surface area contributed by atoms with Crippen LogP contribution in [0.15, 0.2) is 53.3 Å². The number of carbonyl (C=O) groups excluding carboxylic acids is 3. The molecule has 0 N–H and O–H groups in total. The zero-order chi connectivity index (χ0) is 21.1. The maximum atomic E-state index is 13.3. The second kappa shape index (κ2) is 8.02. The first kappa shape index (κ1) is 19.9. The van der Waals surface area contributed by atoms with E-state index in [4.69, 9.17) is 9.47 Å². The van der Waals surface area contributed by atoms with Gasteiger partial charge in [0.15, 0.2) is 16.9 Å². The van der Waals surface area contributed by atoms with Gasteiger partial charge in [0.05, 0.1) is 25.3 Å². The SMILES string of the molecule is COC(=O)c1nc2ccccc2c(=O)c(C(=O)c2ccc(C)cc2)c1C(=O)OC. The molecule has 0 aliphatic rings. The Labute approximate surface area is 165 Å². The summed E-state index contributed by atoms with van der Waals surface area (Å²) in [4.78, 5) is 55.7. The van der Waals surface area contributed by atoms with Crippen molar-refractivity contribution in [3.63, 3.8) is 0 Å². The number of methoxy groups -OCH3 is 2. The van der Waals surface area contributed by atoms with Gasteiger partial charge in [-0.25, -0.2) is 14.6 Å². The molecule has 1 heterocycles. The Balaban J connectivity index is 2.52. The van der Waals surface area contributed by atoms with Crippen LogP contribution < -0.4 is 5.43 Å². The number of hydrogen-bond acceptors (Lipinski definition) is 7. The molecule has 1 aromatic heterocycles. The number of ketones is 1. The van der Waals surface area contributed by atoms with Crippen LogP contribution >= 0.6 is 0 Å². The zero-order valence-electron chi connectivity index (χ0n) is 16.0. The van der Waals surface area contributed by atoms with Crippen molar-refractivity contribution >= 4 is 28.6 Å². The lowest BCUT2D eigenvalue weighted by Crippen LogP contribution is -2.23. The molecule has 0 bridgehead atoms. The molecule has 0 atom stereocenters. The molecule has 0 aliphatic carbocycles. The van der Waals surface area contributed by atoms with Crippen LogP contribution in [0, 0.1) is 6.92 Å². The van der Waals surface area contributed by atoms with Gasteiger partial charge < -0.3 is 9.47 Å². The lowest BCUT2D eigenvalue weighted by atomic mass is 9.97. The number of aromatic nitrogens is 1. The topological polar surface area (TPSA) is 99.6 Å². The van der Waals surface area contributed by atoms with Gasteiger partial charge in [-0.1, -0.05) is 42.0 Å². The fraction of sp³-hybridized carbons (Fsp3) is 0.136. The maximum Gasteiger partial charge on any atom is 0.357 e. The van der Waals surface area contributed by atoms with Gasteiger partial charge in [0.1, 0.15) is 5.56 Å². The molecule has 0 radical (unpaired) electrons. The number of hydrogen-bond donors (Lipinski definition) is 0. The predicted molar refractivity (Wildman–Crippen MR) is 105 cm³/mol. The Morgan fingerprint density at radius 2 is 1.45 bits per heavy atom. The average molecular weight is 391 g/mol. The van der Waals surface area contributed by atoms with Crippen molar-refractivity contribution in [1.82, 2.24) is 4.98 Å². The highest BCUT2D eigenvalue weighted by molar-refractivity contribution is 6.17. The monoisotopic (exact) mass is 391 g/mol. The van der Waals surface area contributed by atoms with E-state index in [1.807, 2.05) is 6.92 Å². The van der Waals surface area contributed by atoms with Gasteiger partial charge in [-0.05, 0) is 19.1 Å². The fourth-order valence-corrected chi connectivity index (χ4v) is 2.92. The van der Waals surface area contributed by atoms with Crippen molar-refractivity contribution < 1.29 is 23.9 Å². The summed E-state index contributed by atoms with van der Waals surface area (Å²) < 4.78 is 9.50. The van der Waals surface area contributed by atoms with Crippen molar-refractivity contribution in [2.75, 3.05) is 14.2 Å². The molecule has 0 amide bonds. The van der Waals surface area contributed by atoms with E-state index in [1.54, 1.807) is 36.4 Å². The van der Waals surface area contributed by atoms with E-state index in [0.717, 1.165) is 19.8 Å². The van der Waals surface area contributed by atoms with Crippen LogP contribution in [0.1, 0.15) is 42.3 Å². The van der Waals surface area contributed by atoms with Crippen LogP contribution in [0.4, 0.5) is 0 Å². The summed E-state index contributed by atoms with van der Waals surface area (Å²) in [6.45, 7) is 1.85. The standard InChI is InChI=1S/C22H17NO6/c1-12-8-10-13(11-9-12)19(24)17-16(21(26)28-2)18(22(27)29-3)23-15-7-5-4-6-14(15)20(17)25/h4-11H,1-3H3. The molecule has 2 aromatic carbocycles. The van der Waals surface area contributed by atoms with E-state index in [9.17, 15) is 19.2 Å². The van der Waals surface area contributed by atoms with Crippen molar-refractivity contribution in [1.29, 1.82) is 0 Å². The number of para-hydroxylation sites is 1. The van der Waals surface area contributed by atoms with Crippen LogP contribution in [0.3, 0.4) is 0 Å². The minimum absolute atomic E-state index is 0.0864. The Bertz CT molecular complexity index is 1200. The van der Waals surface area contributed by atoms with Gasteiger partial charge in [-0.3, -0.25) is 9.59 Å². The molecule has 7 nitrogen and oxygen atoms in total. The van der Waals surface area contributed by atoms with E-state index in [1.165, 1.54) is 12.1 Å². The molecule has 3 aromatic rings. The molecular formula is C22H17NO6. The molecule has 0 fully saturated rings. The number of nitrogens with zero attached hydrogens (tertiary/aromatic N) is 1. The Morgan fingerprint density at radius 3 is 2.07 bits per heavy atom. The van der Waals surface area contributed by atoms with Gasteiger partial charge in [0.25, 0.3) is 0 Å². The van der Waals surface area contributed by atoms with Crippen LogP contribution in [-0.4, -0.2) is 36.9 Å². The van der Waals surface area contributed by atoms with Gasteiger partial charge in [0.2, 0.25) is 0 Å². The lowest BCUT2D eigenvalue weighted by molar-refractivity contribution is 0.0549. The maximum absolute atomic E-state index is 13.3. The third kappa shape index (κ3) is 3.62. The minimum Gasteiger partial charge on any atom is -0.465 e. The zero-order valence-corrected chi connectivity index (χ0v) is 16.0. The van der Waals surface area contributed by atoms with Crippen LogP contribution in [-0.2, 0) is 9.47 Å². The number of rotatable bonds is 4. The third-order valence-electron chi connectivity index (χ3n) is 4.40. The summed E-state index contributed by atoms with van der Waals surface area (Å²) in [5, 5.41) is 0.0864. The molecule has 29 heavy (non-hydrogen) atoms. The fourth-order valence-electron chi connectivity index (χ4n) is 2.92. The van der Waals surface area contributed by atoms with Gasteiger partial charge in [-0.15, -0.1) is 0 Å². The van der Waals surface area contributed by atoms with E-state index in [-0.39, 0.29) is 16.5 Å². The molecule has 0 aliphatic heterocycles. The summed E-state index contributed by atoms with van der Waals surface area (Å²) in [6.07, 6.45) is 0.